The Balaban J connectivity index is 1.72. The molecule has 0 bridgehead atoms. The fourth-order valence-electron chi connectivity index (χ4n) is 2.61. The molecule has 0 radical (unpaired) electrons. The van der Waals surface area contributed by atoms with Crippen molar-refractivity contribution in [2.45, 2.75) is 18.6 Å². The van der Waals surface area contributed by atoms with Gasteiger partial charge < -0.3 is 20.5 Å². The van der Waals surface area contributed by atoms with Gasteiger partial charge in [0.15, 0.2) is 0 Å². The quantitative estimate of drug-likeness (QED) is 0.660. The van der Waals surface area contributed by atoms with Crippen molar-refractivity contribution in [3.8, 4) is 17.0 Å². The van der Waals surface area contributed by atoms with Crippen molar-refractivity contribution in [1.82, 2.24) is 20.8 Å². The van der Waals surface area contributed by atoms with Crippen LogP contribution in [0.5, 0.6) is 5.75 Å². The second-order valence-corrected chi connectivity index (χ2v) is 5.54. The maximum atomic E-state index is 12.3. The van der Waals surface area contributed by atoms with Crippen LogP contribution in [0.1, 0.15) is 16.9 Å². The zero-order chi connectivity index (χ0) is 16.2. The summed E-state index contributed by atoms with van der Waals surface area (Å²) in [6.45, 7) is 1.32. The van der Waals surface area contributed by atoms with E-state index in [0.29, 0.717) is 24.4 Å². The molecule has 1 aliphatic rings. The van der Waals surface area contributed by atoms with E-state index in [1.54, 1.807) is 13.2 Å². The number of piperidine rings is 1. The van der Waals surface area contributed by atoms with E-state index >= 15 is 0 Å². The molecule has 1 aliphatic heterocycles. The Labute approximate surface area is 134 Å². The highest BCUT2D eigenvalue weighted by molar-refractivity contribution is 5.93. The van der Waals surface area contributed by atoms with Gasteiger partial charge in [-0.2, -0.15) is 5.10 Å². The highest BCUT2D eigenvalue weighted by Crippen LogP contribution is 2.22. The second kappa shape index (κ2) is 6.80. The number of aromatic amines is 1. The molecular formula is C16H20N4O3. The molecule has 2 atom stereocenters. The molecule has 7 nitrogen and oxygen atoms in total. The van der Waals surface area contributed by atoms with Gasteiger partial charge in [0, 0.05) is 12.1 Å². The monoisotopic (exact) mass is 316 g/mol. The van der Waals surface area contributed by atoms with Crippen molar-refractivity contribution < 1.29 is 14.6 Å². The van der Waals surface area contributed by atoms with E-state index in [-0.39, 0.29) is 11.9 Å². The summed E-state index contributed by atoms with van der Waals surface area (Å²) in [5.74, 6) is 0.451. The van der Waals surface area contributed by atoms with Crippen LogP contribution in [0.2, 0.25) is 0 Å². The number of benzene rings is 1. The van der Waals surface area contributed by atoms with E-state index in [2.05, 4.69) is 20.8 Å². The van der Waals surface area contributed by atoms with Crippen LogP contribution in [-0.4, -0.2) is 53.6 Å². The Morgan fingerprint density at radius 2 is 2.30 bits per heavy atom. The fourth-order valence-corrected chi connectivity index (χ4v) is 2.61. The summed E-state index contributed by atoms with van der Waals surface area (Å²) in [4.78, 5) is 12.3. The number of hydrogen-bond donors (Lipinski definition) is 4. The van der Waals surface area contributed by atoms with Crippen molar-refractivity contribution in [3.05, 3.63) is 36.0 Å². The van der Waals surface area contributed by atoms with Gasteiger partial charge >= 0.3 is 0 Å². The number of methoxy groups -OCH3 is 1. The molecule has 1 saturated heterocycles. The summed E-state index contributed by atoms with van der Waals surface area (Å²) in [5.41, 5.74) is 1.89. The van der Waals surface area contributed by atoms with Gasteiger partial charge in [-0.05, 0) is 31.2 Å². The largest absolute Gasteiger partial charge is 0.497 e. The lowest BCUT2D eigenvalue weighted by Crippen LogP contribution is -2.53. The molecule has 23 heavy (non-hydrogen) atoms. The number of aliphatic hydroxyl groups is 1. The highest BCUT2D eigenvalue weighted by atomic mass is 16.5. The number of aliphatic hydroxyl groups excluding tert-OH is 1. The standard InChI is InChI=1S/C16H20N4O3/c1-23-11-4-2-3-10(7-11)12-8-13(20-19-12)16(22)18-14-9-17-6-5-15(14)21/h2-4,7-8,14-15,17,21H,5-6,9H2,1H3,(H,18,22)(H,19,20)/t14-,15-/m1/s1. The number of amides is 1. The van der Waals surface area contributed by atoms with E-state index < -0.39 is 6.10 Å². The summed E-state index contributed by atoms with van der Waals surface area (Å²) in [5, 5.41) is 22.8. The lowest BCUT2D eigenvalue weighted by atomic mass is 10.0. The molecule has 0 spiro atoms. The van der Waals surface area contributed by atoms with Gasteiger partial charge in [-0.15, -0.1) is 0 Å². The van der Waals surface area contributed by atoms with Crippen LogP contribution in [0.3, 0.4) is 0 Å². The average Bonchev–Trinajstić information content (AvgIpc) is 3.07. The topological polar surface area (TPSA) is 99.3 Å². The first-order valence-electron chi connectivity index (χ1n) is 7.57. The number of carbonyl (C=O) groups is 1. The van der Waals surface area contributed by atoms with Gasteiger partial charge in [-0.1, -0.05) is 12.1 Å². The molecular weight excluding hydrogens is 296 g/mol. The Morgan fingerprint density at radius 1 is 1.43 bits per heavy atom. The molecule has 1 aromatic carbocycles. The maximum absolute atomic E-state index is 12.3. The van der Waals surface area contributed by atoms with Gasteiger partial charge in [0.1, 0.15) is 11.4 Å². The molecule has 1 aromatic heterocycles. The summed E-state index contributed by atoms with van der Waals surface area (Å²) in [6, 6.07) is 8.86. The van der Waals surface area contributed by atoms with Gasteiger partial charge in [-0.3, -0.25) is 9.89 Å². The number of carbonyl (C=O) groups excluding carboxylic acids is 1. The predicted molar refractivity (Wildman–Crippen MR) is 85.3 cm³/mol. The van der Waals surface area contributed by atoms with Crippen molar-refractivity contribution in [3.63, 3.8) is 0 Å². The van der Waals surface area contributed by atoms with Crippen molar-refractivity contribution >= 4 is 5.91 Å². The Morgan fingerprint density at radius 3 is 3.09 bits per heavy atom. The number of nitrogens with zero attached hydrogens (tertiary/aromatic N) is 1. The first kappa shape index (κ1) is 15.5. The normalized spacial score (nSPS) is 21.0. The fraction of sp³-hybridized carbons (Fsp3) is 0.375. The van der Waals surface area contributed by atoms with Crippen molar-refractivity contribution in [2.75, 3.05) is 20.2 Å². The SMILES string of the molecule is COc1cccc(-c2cc(C(=O)N[C@@H]3CNCC[C@H]3O)[nH]n2)c1. The van der Waals surface area contributed by atoms with Crippen LogP contribution in [0.15, 0.2) is 30.3 Å². The molecule has 0 aliphatic carbocycles. The molecule has 1 amide bonds. The molecule has 3 rings (SSSR count). The molecule has 1 fully saturated rings. The average molecular weight is 316 g/mol. The number of rotatable bonds is 4. The van der Waals surface area contributed by atoms with E-state index in [1.807, 2.05) is 24.3 Å². The van der Waals surface area contributed by atoms with Gasteiger partial charge in [0.25, 0.3) is 5.91 Å². The Kier molecular flexibility index (Phi) is 4.59. The van der Waals surface area contributed by atoms with Crippen molar-refractivity contribution in [2.24, 2.45) is 0 Å². The van der Waals surface area contributed by atoms with Crippen LogP contribution >= 0.6 is 0 Å². The Hall–Kier alpha value is -2.38. The lowest BCUT2D eigenvalue weighted by molar-refractivity contribution is 0.0751. The lowest BCUT2D eigenvalue weighted by Gasteiger charge is -2.28. The second-order valence-electron chi connectivity index (χ2n) is 5.54. The molecule has 4 N–H and O–H groups in total. The molecule has 122 valence electrons. The third kappa shape index (κ3) is 3.52. The minimum absolute atomic E-state index is 0.278. The van der Waals surface area contributed by atoms with Crippen LogP contribution in [0, 0.1) is 0 Å². The van der Waals surface area contributed by atoms with E-state index in [9.17, 15) is 9.90 Å². The summed E-state index contributed by atoms with van der Waals surface area (Å²) in [7, 11) is 1.60. The number of hydrogen-bond acceptors (Lipinski definition) is 5. The number of ether oxygens (including phenoxy) is 1. The first-order valence-corrected chi connectivity index (χ1v) is 7.57. The van der Waals surface area contributed by atoms with Gasteiger partial charge in [-0.25, -0.2) is 0 Å². The summed E-state index contributed by atoms with van der Waals surface area (Å²) in [6.07, 6.45) is 0.101. The van der Waals surface area contributed by atoms with E-state index in [4.69, 9.17) is 4.74 Å². The van der Waals surface area contributed by atoms with Crippen LogP contribution in [0.4, 0.5) is 0 Å². The molecule has 0 unspecified atom stereocenters. The molecule has 7 heteroatoms. The van der Waals surface area contributed by atoms with Crippen molar-refractivity contribution in [1.29, 1.82) is 0 Å². The highest BCUT2D eigenvalue weighted by Gasteiger charge is 2.25. The van der Waals surface area contributed by atoms with Crippen LogP contribution in [-0.2, 0) is 0 Å². The predicted octanol–water partition coefficient (Wildman–Crippen LogP) is 0.538. The zero-order valence-electron chi connectivity index (χ0n) is 12.9. The third-order valence-corrected chi connectivity index (χ3v) is 3.95. The van der Waals surface area contributed by atoms with Gasteiger partial charge in [0.2, 0.25) is 0 Å². The molecule has 0 saturated carbocycles. The summed E-state index contributed by atoms with van der Waals surface area (Å²) >= 11 is 0. The summed E-state index contributed by atoms with van der Waals surface area (Å²) < 4.78 is 5.19. The first-order chi connectivity index (χ1) is 11.2. The van der Waals surface area contributed by atoms with Crippen LogP contribution in [0.25, 0.3) is 11.3 Å². The minimum atomic E-state index is -0.527. The third-order valence-electron chi connectivity index (χ3n) is 3.95. The van der Waals surface area contributed by atoms with E-state index in [0.717, 1.165) is 17.9 Å². The number of nitrogens with one attached hydrogen (secondary N) is 3. The number of H-pyrrole nitrogens is 1. The van der Waals surface area contributed by atoms with Crippen LogP contribution < -0.4 is 15.4 Å². The molecule has 2 aromatic rings. The van der Waals surface area contributed by atoms with E-state index in [1.165, 1.54) is 0 Å². The minimum Gasteiger partial charge on any atom is -0.497 e. The Bertz CT molecular complexity index is 685. The zero-order valence-corrected chi connectivity index (χ0v) is 12.9. The smallest absolute Gasteiger partial charge is 0.269 e. The maximum Gasteiger partial charge on any atom is 0.269 e. The number of aromatic nitrogens is 2. The molecule has 2 heterocycles. The van der Waals surface area contributed by atoms with Gasteiger partial charge in [0.05, 0.1) is 24.9 Å².